The van der Waals surface area contributed by atoms with Crippen LogP contribution in [-0.2, 0) is 16.0 Å². The van der Waals surface area contributed by atoms with E-state index in [4.69, 9.17) is 16.2 Å². The van der Waals surface area contributed by atoms with Crippen molar-refractivity contribution in [1.82, 2.24) is 10.3 Å². The normalized spacial score (nSPS) is 12.0. The molecule has 40 heavy (non-hydrogen) atoms. The van der Waals surface area contributed by atoms with E-state index in [1.807, 2.05) is 84.9 Å². The highest BCUT2D eigenvalue weighted by Crippen LogP contribution is 2.29. The van der Waals surface area contributed by atoms with Gasteiger partial charge in [0.15, 0.2) is 5.03 Å². The molecule has 11 heteroatoms. The fourth-order valence-corrected chi connectivity index (χ4v) is 4.50. The number of methoxy groups -OCH3 is 1. The van der Waals surface area contributed by atoms with Crippen molar-refractivity contribution in [3.8, 4) is 5.75 Å². The summed E-state index contributed by atoms with van der Waals surface area (Å²) in [6.45, 7) is 0.333. The Balaban J connectivity index is 1.93. The van der Waals surface area contributed by atoms with Gasteiger partial charge in [0.2, 0.25) is 11.8 Å². The lowest BCUT2D eigenvalue weighted by Crippen LogP contribution is -2.50. The fraction of sp³-hybridized carbons (Fsp3) is 0.276. The summed E-state index contributed by atoms with van der Waals surface area (Å²) in [5, 5.41) is 9.74. The highest BCUT2D eigenvalue weighted by molar-refractivity contribution is 5.92. The lowest BCUT2D eigenvalue weighted by atomic mass is 9.89. The number of rotatable bonds is 14. The van der Waals surface area contributed by atoms with Gasteiger partial charge in [-0.25, -0.2) is 15.1 Å². The topological polar surface area (TPSA) is 166 Å². The van der Waals surface area contributed by atoms with E-state index in [2.05, 4.69) is 4.99 Å². The van der Waals surface area contributed by atoms with Gasteiger partial charge in [-0.05, 0) is 48.1 Å². The maximum absolute atomic E-state index is 14.4. The lowest BCUT2D eigenvalue weighted by Gasteiger charge is -2.33. The molecule has 0 saturated heterocycles. The van der Waals surface area contributed by atoms with Crippen molar-refractivity contribution in [3.63, 3.8) is 0 Å². The van der Waals surface area contributed by atoms with Gasteiger partial charge in [-0.1, -0.05) is 78.2 Å². The maximum atomic E-state index is 14.4. The molecule has 0 saturated carbocycles. The predicted octanol–water partition coefficient (Wildman–Crippen LogP) is 2.63. The summed E-state index contributed by atoms with van der Waals surface area (Å²) in [7, 11) is 1.58. The van der Waals surface area contributed by atoms with Crippen LogP contribution in [0.2, 0.25) is 0 Å². The van der Waals surface area contributed by atoms with Crippen LogP contribution in [0.5, 0.6) is 5.75 Å². The number of guanidine groups is 1. The van der Waals surface area contributed by atoms with Crippen LogP contribution in [0.3, 0.4) is 0 Å². The minimum atomic E-state index is -0.937. The molecule has 3 rings (SSSR count). The molecule has 0 aromatic heterocycles. The second kappa shape index (κ2) is 14.9. The molecule has 0 aliphatic rings. The van der Waals surface area contributed by atoms with Gasteiger partial charge in [0.25, 0.3) is 5.96 Å². The Labute approximate surface area is 233 Å². The Morgan fingerprint density at radius 1 is 1.00 bits per heavy atom. The van der Waals surface area contributed by atoms with E-state index >= 15 is 0 Å². The van der Waals surface area contributed by atoms with Gasteiger partial charge in [-0.15, -0.1) is 0 Å². The lowest BCUT2D eigenvalue weighted by molar-refractivity contribution is -0.525. The summed E-state index contributed by atoms with van der Waals surface area (Å²) in [6, 6.07) is 25.3. The smallest absolute Gasteiger partial charge is 0.251 e. The van der Waals surface area contributed by atoms with Crippen LogP contribution in [0, 0.1) is 10.1 Å². The Kier molecular flexibility index (Phi) is 11.0. The first-order chi connectivity index (χ1) is 19.3. The first kappa shape index (κ1) is 29.6. The van der Waals surface area contributed by atoms with Crippen molar-refractivity contribution in [2.45, 2.75) is 31.2 Å². The van der Waals surface area contributed by atoms with Crippen LogP contribution < -0.4 is 21.6 Å². The van der Waals surface area contributed by atoms with Gasteiger partial charge in [0, 0.05) is 13.1 Å². The number of nitro groups is 1. The number of carbonyl (C=O) groups excluding carboxylic acids is 2. The molecule has 0 aliphatic heterocycles. The van der Waals surface area contributed by atoms with Crippen LogP contribution in [0.4, 0.5) is 0 Å². The number of hydrogen-bond acceptors (Lipinski definition) is 6. The van der Waals surface area contributed by atoms with Crippen molar-refractivity contribution < 1.29 is 19.4 Å². The van der Waals surface area contributed by atoms with E-state index in [1.54, 1.807) is 12.5 Å². The average molecular weight is 547 g/mol. The standard InChI is InChI=1S/C29H34N6O5/c1-40-24-15-8-10-21(20-24)17-19-34(25(27(30)36)16-9-18-32-29(31)33-35(38)39)28(37)26(22-11-4-2-5-12-22)23-13-6-3-7-14-23/h2-8,10-15,20,25-26H,9,16-19H2,1H3,(H2,30,36)(H3,31,32,33)/t25-/m0/s1. The van der Waals surface area contributed by atoms with Gasteiger partial charge in [-0.3, -0.25) is 9.59 Å². The number of benzene rings is 3. The summed E-state index contributed by atoms with van der Waals surface area (Å²) >= 11 is 0. The number of hydrogen-bond donors (Lipinski definition) is 3. The predicted molar refractivity (Wildman–Crippen MR) is 152 cm³/mol. The number of nitrogens with zero attached hydrogens (tertiary/aromatic N) is 3. The summed E-state index contributed by atoms with van der Waals surface area (Å²) in [5.41, 5.74) is 15.6. The molecule has 1 atom stereocenters. The highest BCUT2D eigenvalue weighted by atomic mass is 16.7. The molecular formula is C29H34N6O5. The molecule has 0 bridgehead atoms. The minimum Gasteiger partial charge on any atom is -0.497 e. The molecule has 0 heterocycles. The van der Waals surface area contributed by atoms with E-state index in [0.29, 0.717) is 18.6 Å². The van der Waals surface area contributed by atoms with E-state index < -0.39 is 22.9 Å². The Hall–Kier alpha value is -4.93. The van der Waals surface area contributed by atoms with E-state index in [9.17, 15) is 19.7 Å². The molecule has 0 fully saturated rings. The molecule has 0 spiro atoms. The SMILES string of the molecule is COc1cccc(CCN(C(=O)C(c2ccccc2)c2ccccc2)[C@@H](CCCN=C(N)N[N+](=O)[O-])C(N)=O)c1. The van der Waals surface area contributed by atoms with Crippen molar-refractivity contribution >= 4 is 17.8 Å². The second-order valence-corrected chi connectivity index (χ2v) is 9.08. The molecule has 210 valence electrons. The Morgan fingerprint density at radius 2 is 1.62 bits per heavy atom. The van der Waals surface area contributed by atoms with Crippen molar-refractivity contribution in [2.75, 3.05) is 20.2 Å². The average Bonchev–Trinajstić information content (AvgIpc) is 2.95. The molecule has 3 aromatic carbocycles. The van der Waals surface area contributed by atoms with Crippen molar-refractivity contribution in [3.05, 3.63) is 112 Å². The fourth-order valence-electron chi connectivity index (χ4n) is 4.50. The number of amides is 2. The highest BCUT2D eigenvalue weighted by Gasteiger charge is 2.34. The number of nitrogens with one attached hydrogen (secondary N) is 1. The van der Waals surface area contributed by atoms with E-state index in [0.717, 1.165) is 16.7 Å². The van der Waals surface area contributed by atoms with Gasteiger partial charge >= 0.3 is 0 Å². The van der Waals surface area contributed by atoms with Gasteiger partial charge < -0.3 is 21.1 Å². The summed E-state index contributed by atoms with van der Waals surface area (Å²) in [5.74, 6) is -1.24. The van der Waals surface area contributed by atoms with Crippen molar-refractivity contribution in [2.24, 2.45) is 16.5 Å². The minimum absolute atomic E-state index is 0.106. The second-order valence-electron chi connectivity index (χ2n) is 9.08. The number of ether oxygens (including phenoxy) is 1. The molecule has 11 nitrogen and oxygen atoms in total. The first-order valence-corrected chi connectivity index (χ1v) is 12.8. The third kappa shape index (κ3) is 8.55. The first-order valence-electron chi connectivity index (χ1n) is 12.8. The van der Waals surface area contributed by atoms with Crippen molar-refractivity contribution in [1.29, 1.82) is 0 Å². The van der Waals surface area contributed by atoms with Gasteiger partial charge in [0.1, 0.15) is 11.8 Å². The molecule has 0 radical (unpaired) electrons. The van der Waals surface area contributed by atoms with Crippen LogP contribution in [0.1, 0.15) is 35.4 Å². The monoisotopic (exact) mass is 546 g/mol. The largest absolute Gasteiger partial charge is 0.497 e. The quantitative estimate of drug-likeness (QED) is 0.0919. The zero-order chi connectivity index (χ0) is 28.9. The summed E-state index contributed by atoms with van der Waals surface area (Å²) in [4.78, 5) is 43.1. The summed E-state index contributed by atoms with van der Waals surface area (Å²) in [6.07, 6.45) is 0.976. The van der Waals surface area contributed by atoms with Crippen LogP contribution >= 0.6 is 0 Å². The van der Waals surface area contributed by atoms with E-state index in [1.165, 1.54) is 4.90 Å². The number of primary amides is 1. The molecule has 5 N–H and O–H groups in total. The number of carbonyl (C=O) groups is 2. The van der Waals surface area contributed by atoms with Gasteiger partial charge in [-0.2, -0.15) is 0 Å². The third-order valence-corrected chi connectivity index (χ3v) is 6.40. The van der Waals surface area contributed by atoms with Gasteiger partial charge in [0.05, 0.1) is 13.0 Å². The van der Waals surface area contributed by atoms with Crippen LogP contribution in [0.15, 0.2) is 89.9 Å². The van der Waals surface area contributed by atoms with Crippen LogP contribution in [-0.4, -0.2) is 53.9 Å². The molecule has 3 aromatic rings. The zero-order valence-electron chi connectivity index (χ0n) is 22.3. The number of nitrogens with two attached hydrogens (primary N) is 2. The zero-order valence-corrected chi connectivity index (χ0v) is 22.3. The Bertz CT molecular complexity index is 1260. The molecular weight excluding hydrogens is 512 g/mol. The van der Waals surface area contributed by atoms with Crippen LogP contribution in [0.25, 0.3) is 0 Å². The third-order valence-electron chi connectivity index (χ3n) is 6.40. The summed E-state index contributed by atoms with van der Waals surface area (Å²) < 4.78 is 5.33. The maximum Gasteiger partial charge on any atom is 0.251 e. The molecule has 2 amide bonds. The number of hydrazine groups is 1. The Morgan fingerprint density at radius 3 is 2.17 bits per heavy atom. The molecule has 0 aliphatic carbocycles. The van der Waals surface area contributed by atoms with E-state index in [-0.39, 0.29) is 31.4 Å². The molecule has 0 unspecified atom stereocenters. The number of aliphatic imine (C=N–C) groups is 1.